The molecule has 1 amide bonds. The Morgan fingerprint density at radius 3 is 2.88 bits per heavy atom. The van der Waals surface area contributed by atoms with E-state index in [9.17, 15) is 4.79 Å². The van der Waals surface area contributed by atoms with Gasteiger partial charge in [-0.1, -0.05) is 13.0 Å². The summed E-state index contributed by atoms with van der Waals surface area (Å²) in [6.45, 7) is 2.03. The first kappa shape index (κ1) is 14.0. The molecule has 0 saturated carbocycles. The second-order valence-electron chi connectivity index (χ2n) is 3.80. The van der Waals surface area contributed by atoms with E-state index in [1.54, 1.807) is 18.2 Å². The van der Waals surface area contributed by atoms with Crippen LogP contribution < -0.4 is 11.1 Å². The van der Waals surface area contributed by atoms with Gasteiger partial charge in [-0.15, -0.1) is 0 Å². The molecule has 17 heavy (non-hydrogen) atoms. The van der Waals surface area contributed by atoms with Gasteiger partial charge in [0.05, 0.1) is 10.0 Å². The van der Waals surface area contributed by atoms with Gasteiger partial charge < -0.3 is 16.2 Å². The second kappa shape index (κ2) is 6.61. The summed E-state index contributed by atoms with van der Waals surface area (Å²) in [7, 11) is 0. The maximum atomic E-state index is 12.0. The minimum Gasteiger partial charge on any atom is -0.398 e. The number of hydrogen-bond acceptors (Lipinski definition) is 3. The van der Waals surface area contributed by atoms with Crippen molar-refractivity contribution in [3.8, 4) is 0 Å². The van der Waals surface area contributed by atoms with Crippen molar-refractivity contribution >= 4 is 27.5 Å². The van der Waals surface area contributed by atoms with Crippen LogP contribution in [0.5, 0.6) is 0 Å². The molecule has 0 fully saturated rings. The average Bonchev–Trinajstić information content (AvgIpc) is 2.31. The molecule has 4 N–H and O–H groups in total. The standard InChI is InChI=1S/C12H17BrN2O2/c1-2-8(6-7-16)15-12(17)9-4-3-5-10(14)11(9)13/h3-5,8,16H,2,6-7,14H2,1H3,(H,15,17). The molecule has 0 aliphatic carbocycles. The van der Waals surface area contributed by atoms with E-state index < -0.39 is 0 Å². The van der Waals surface area contributed by atoms with Gasteiger partial charge in [0.2, 0.25) is 0 Å². The molecule has 1 unspecified atom stereocenters. The van der Waals surface area contributed by atoms with Gasteiger partial charge in [0.1, 0.15) is 0 Å². The fraction of sp³-hybridized carbons (Fsp3) is 0.417. The number of carbonyl (C=O) groups is 1. The van der Waals surface area contributed by atoms with Gasteiger partial charge in [-0.25, -0.2) is 0 Å². The summed E-state index contributed by atoms with van der Waals surface area (Å²) in [5, 5.41) is 11.7. The molecule has 5 heteroatoms. The largest absolute Gasteiger partial charge is 0.398 e. The molecule has 0 radical (unpaired) electrons. The topological polar surface area (TPSA) is 75.3 Å². The highest BCUT2D eigenvalue weighted by atomic mass is 79.9. The lowest BCUT2D eigenvalue weighted by molar-refractivity contribution is 0.0928. The molecular weight excluding hydrogens is 284 g/mol. The number of aliphatic hydroxyl groups is 1. The number of halogens is 1. The number of nitrogen functional groups attached to an aromatic ring is 1. The van der Waals surface area contributed by atoms with Gasteiger partial charge in [-0.3, -0.25) is 4.79 Å². The third-order valence-electron chi connectivity index (χ3n) is 2.58. The summed E-state index contributed by atoms with van der Waals surface area (Å²) in [5.41, 5.74) is 6.76. The van der Waals surface area contributed by atoms with E-state index in [4.69, 9.17) is 10.8 Å². The van der Waals surface area contributed by atoms with E-state index >= 15 is 0 Å². The van der Waals surface area contributed by atoms with Crippen molar-refractivity contribution in [2.24, 2.45) is 0 Å². The predicted molar refractivity (Wildman–Crippen MR) is 71.8 cm³/mol. The number of benzene rings is 1. The van der Waals surface area contributed by atoms with Crippen LogP contribution in [-0.2, 0) is 0 Å². The van der Waals surface area contributed by atoms with E-state index in [0.29, 0.717) is 22.1 Å². The smallest absolute Gasteiger partial charge is 0.252 e. The van der Waals surface area contributed by atoms with Crippen molar-refractivity contribution in [2.45, 2.75) is 25.8 Å². The molecule has 4 nitrogen and oxygen atoms in total. The number of aliphatic hydroxyl groups excluding tert-OH is 1. The number of carbonyl (C=O) groups excluding carboxylic acids is 1. The van der Waals surface area contributed by atoms with Gasteiger partial charge in [0, 0.05) is 18.3 Å². The molecule has 0 aromatic heterocycles. The van der Waals surface area contributed by atoms with Crippen LogP contribution in [0.3, 0.4) is 0 Å². The lowest BCUT2D eigenvalue weighted by Gasteiger charge is -2.16. The van der Waals surface area contributed by atoms with E-state index in [0.717, 1.165) is 6.42 Å². The molecule has 1 aromatic carbocycles. The summed E-state index contributed by atoms with van der Waals surface area (Å²) in [5.74, 6) is -0.176. The number of rotatable bonds is 5. The molecule has 1 aromatic rings. The Hall–Kier alpha value is -1.07. The van der Waals surface area contributed by atoms with E-state index in [1.165, 1.54) is 0 Å². The van der Waals surface area contributed by atoms with Gasteiger partial charge in [-0.05, 0) is 40.9 Å². The van der Waals surface area contributed by atoms with Crippen LogP contribution in [0.4, 0.5) is 5.69 Å². The Morgan fingerprint density at radius 1 is 1.59 bits per heavy atom. The van der Waals surface area contributed by atoms with Crippen molar-refractivity contribution in [1.82, 2.24) is 5.32 Å². The molecule has 0 aliphatic heterocycles. The van der Waals surface area contributed by atoms with Crippen LogP contribution in [0.2, 0.25) is 0 Å². The van der Waals surface area contributed by atoms with Crippen LogP contribution in [0.1, 0.15) is 30.1 Å². The van der Waals surface area contributed by atoms with E-state index in [1.807, 2.05) is 6.92 Å². The molecule has 0 bridgehead atoms. The number of amides is 1. The van der Waals surface area contributed by atoms with Crippen LogP contribution in [0, 0.1) is 0 Å². The lowest BCUT2D eigenvalue weighted by Crippen LogP contribution is -2.35. The minimum absolute atomic E-state index is 0.0131. The zero-order chi connectivity index (χ0) is 12.8. The normalized spacial score (nSPS) is 12.2. The SMILES string of the molecule is CCC(CCO)NC(=O)c1cccc(N)c1Br. The minimum atomic E-state index is -0.176. The fourth-order valence-electron chi connectivity index (χ4n) is 1.52. The Balaban J connectivity index is 2.79. The number of anilines is 1. The Labute approximate surface area is 109 Å². The Morgan fingerprint density at radius 2 is 2.29 bits per heavy atom. The Bertz CT molecular complexity index is 396. The number of hydrogen-bond donors (Lipinski definition) is 3. The molecule has 1 atom stereocenters. The van der Waals surface area contributed by atoms with E-state index in [-0.39, 0.29) is 18.6 Å². The maximum absolute atomic E-state index is 12.0. The molecule has 0 aliphatic rings. The molecular formula is C12H17BrN2O2. The summed E-state index contributed by atoms with van der Waals surface area (Å²) < 4.78 is 0.608. The monoisotopic (exact) mass is 300 g/mol. The quantitative estimate of drug-likeness (QED) is 0.727. The van der Waals surface area contributed by atoms with Crippen LogP contribution in [0.15, 0.2) is 22.7 Å². The van der Waals surface area contributed by atoms with E-state index in [2.05, 4.69) is 21.2 Å². The highest BCUT2D eigenvalue weighted by Gasteiger charge is 2.15. The first-order valence-corrected chi connectivity index (χ1v) is 6.35. The highest BCUT2D eigenvalue weighted by molar-refractivity contribution is 9.10. The third-order valence-corrected chi connectivity index (χ3v) is 3.46. The van der Waals surface area contributed by atoms with Crippen molar-refractivity contribution in [1.29, 1.82) is 0 Å². The van der Waals surface area contributed by atoms with Crippen molar-refractivity contribution in [3.05, 3.63) is 28.2 Å². The summed E-state index contributed by atoms with van der Waals surface area (Å²) >= 11 is 3.30. The van der Waals surface area contributed by atoms with Crippen LogP contribution in [0.25, 0.3) is 0 Å². The molecule has 94 valence electrons. The van der Waals surface area contributed by atoms with Gasteiger partial charge in [-0.2, -0.15) is 0 Å². The number of nitrogens with two attached hydrogens (primary N) is 1. The predicted octanol–water partition coefficient (Wildman–Crippen LogP) is 1.92. The fourth-order valence-corrected chi connectivity index (χ4v) is 1.97. The summed E-state index contributed by atoms with van der Waals surface area (Å²) in [6.07, 6.45) is 1.34. The van der Waals surface area contributed by atoms with Crippen LogP contribution >= 0.6 is 15.9 Å². The average molecular weight is 301 g/mol. The second-order valence-corrected chi connectivity index (χ2v) is 4.59. The molecule has 0 saturated heterocycles. The summed E-state index contributed by atoms with van der Waals surface area (Å²) in [6, 6.07) is 5.16. The highest BCUT2D eigenvalue weighted by Crippen LogP contribution is 2.23. The summed E-state index contributed by atoms with van der Waals surface area (Å²) in [4.78, 5) is 12.0. The van der Waals surface area contributed by atoms with Gasteiger partial charge >= 0.3 is 0 Å². The maximum Gasteiger partial charge on any atom is 0.252 e. The lowest BCUT2D eigenvalue weighted by atomic mass is 10.1. The zero-order valence-corrected chi connectivity index (χ0v) is 11.3. The zero-order valence-electron chi connectivity index (χ0n) is 9.74. The van der Waals surface area contributed by atoms with Gasteiger partial charge in [0.25, 0.3) is 5.91 Å². The first-order chi connectivity index (χ1) is 8.10. The van der Waals surface area contributed by atoms with Crippen molar-refractivity contribution in [2.75, 3.05) is 12.3 Å². The molecule has 0 heterocycles. The van der Waals surface area contributed by atoms with Crippen molar-refractivity contribution in [3.63, 3.8) is 0 Å². The third kappa shape index (κ3) is 3.71. The molecule has 0 spiro atoms. The first-order valence-electron chi connectivity index (χ1n) is 5.55. The van der Waals surface area contributed by atoms with Gasteiger partial charge in [0.15, 0.2) is 0 Å². The van der Waals surface area contributed by atoms with Crippen molar-refractivity contribution < 1.29 is 9.90 Å². The molecule has 1 rings (SSSR count). The number of nitrogens with one attached hydrogen (secondary N) is 1. The van der Waals surface area contributed by atoms with Crippen LogP contribution in [-0.4, -0.2) is 23.7 Å². The Kier molecular flexibility index (Phi) is 5.44.